The molecule has 0 aliphatic carbocycles. The molecule has 2 aromatic carbocycles. The largest absolute Gasteiger partial charge is 0.487 e. The second-order valence-corrected chi connectivity index (χ2v) is 10.8. The maximum absolute atomic E-state index is 13.6. The van der Waals surface area contributed by atoms with Crippen molar-refractivity contribution in [1.82, 2.24) is 9.21 Å². The van der Waals surface area contributed by atoms with Crippen LogP contribution in [0.2, 0.25) is 0 Å². The number of likely N-dealkylation sites (tertiary alicyclic amines) is 1. The van der Waals surface area contributed by atoms with E-state index in [-0.39, 0.29) is 18.1 Å². The second kappa shape index (κ2) is 8.69. The van der Waals surface area contributed by atoms with Gasteiger partial charge in [0.2, 0.25) is 10.0 Å². The molecule has 0 N–H and O–H groups in total. The molecule has 6 heteroatoms. The number of fused-ring (bicyclic) bond motifs is 2. The zero-order valence-electron chi connectivity index (χ0n) is 18.1. The highest BCUT2D eigenvalue weighted by Gasteiger charge is 2.43. The lowest BCUT2D eigenvalue weighted by Gasteiger charge is -2.32. The van der Waals surface area contributed by atoms with Crippen LogP contribution in [-0.2, 0) is 16.6 Å². The van der Waals surface area contributed by atoms with E-state index >= 15 is 0 Å². The van der Waals surface area contributed by atoms with Crippen molar-refractivity contribution < 1.29 is 13.2 Å². The van der Waals surface area contributed by atoms with Gasteiger partial charge in [-0.15, -0.1) is 0 Å². The highest BCUT2D eigenvalue weighted by Crippen LogP contribution is 2.37. The Balaban J connectivity index is 1.62. The van der Waals surface area contributed by atoms with Crippen LogP contribution in [0.4, 0.5) is 0 Å². The first-order valence-electron chi connectivity index (χ1n) is 10.9. The van der Waals surface area contributed by atoms with Gasteiger partial charge >= 0.3 is 0 Å². The van der Waals surface area contributed by atoms with Crippen molar-refractivity contribution in [2.45, 2.75) is 57.2 Å². The highest BCUT2D eigenvalue weighted by atomic mass is 32.2. The Morgan fingerprint density at radius 1 is 1.07 bits per heavy atom. The summed E-state index contributed by atoms with van der Waals surface area (Å²) in [6, 6.07) is 15.6. The van der Waals surface area contributed by atoms with Crippen molar-refractivity contribution >= 4 is 10.0 Å². The van der Waals surface area contributed by atoms with Crippen molar-refractivity contribution in [2.24, 2.45) is 5.92 Å². The molecule has 0 radical (unpaired) electrons. The van der Waals surface area contributed by atoms with E-state index in [0.717, 1.165) is 32.5 Å². The summed E-state index contributed by atoms with van der Waals surface area (Å²) < 4.78 is 35.2. The predicted molar refractivity (Wildman–Crippen MR) is 119 cm³/mol. The standard InChI is InChI=1S/C24H32N2O3S/c1-18(2)16-26-21-11-13-25(17-20-8-6-7-19(3)15-20)14-12-22(21)29-23-9-4-5-10-24(23)30(26,27)28/h4-10,15,18,21-22H,11-14,16-17H2,1-3H3/t21-,22-/m1/s1. The van der Waals surface area contributed by atoms with Gasteiger partial charge in [-0.05, 0) is 43.4 Å². The van der Waals surface area contributed by atoms with Crippen molar-refractivity contribution in [1.29, 1.82) is 0 Å². The first kappa shape index (κ1) is 21.3. The molecule has 1 saturated heterocycles. The SMILES string of the molecule is Cc1cccc(CN2CC[C@@H]3[C@@H](CC2)Oc2ccccc2S(=O)(=O)N3CC(C)C)c1. The Morgan fingerprint density at radius 3 is 2.60 bits per heavy atom. The number of aryl methyl sites for hydroxylation is 1. The molecule has 5 nitrogen and oxygen atoms in total. The Bertz CT molecular complexity index is 989. The van der Waals surface area contributed by atoms with Gasteiger partial charge in [-0.2, -0.15) is 4.31 Å². The Hall–Kier alpha value is -1.89. The third-order valence-electron chi connectivity index (χ3n) is 6.02. The number of benzene rings is 2. The summed E-state index contributed by atoms with van der Waals surface area (Å²) >= 11 is 0. The summed E-state index contributed by atoms with van der Waals surface area (Å²) in [6.07, 6.45) is 1.45. The number of hydrogen-bond donors (Lipinski definition) is 0. The van der Waals surface area contributed by atoms with Crippen molar-refractivity contribution in [3.8, 4) is 5.75 Å². The van der Waals surface area contributed by atoms with E-state index < -0.39 is 10.0 Å². The molecular weight excluding hydrogens is 396 g/mol. The average molecular weight is 429 g/mol. The van der Waals surface area contributed by atoms with Gasteiger partial charge in [-0.25, -0.2) is 8.42 Å². The van der Waals surface area contributed by atoms with E-state index in [4.69, 9.17) is 4.74 Å². The topological polar surface area (TPSA) is 49.9 Å². The Kier molecular flexibility index (Phi) is 6.19. The van der Waals surface area contributed by atoms with Crippen LogP contribution in [0.15, 0.2) is 53.4 Å². The van der Waals surface area contributed by atoms with Gasteiger partial charge in [-0.3, -0.25) is 4.90 Å². The lowest BCUT2D eigenvalue weighted by atomic mass is 10.0. The van der Waals surface area contributed by atoms with Crippen LogP contribution in [0.3, 0.4) is 0 Å². The van der Waals surface area contributed by atoms with E-state index in [1.54, 1.807) is 22.5 Å². The summed E-state index contributed by atoms with van der Waals surface area (Å²) in [6.45, 7) is 9.41. The first-order chi connectivity index (χ1) is 14.3. The van der Waals surface area contributed by atoms with E-state index in [1.165, 1.54) is 11.1 Å². The number of sulfonamides is 1. The molecule has 2 aromatic rings. The van der Waals surface area contributed by atoms with Crippen LogP contribution in [0, 0.1) is 12.8 Å². The van der Waals surface area contributed by atoms with Crippen molar-refractivity contribution in [3.05, 3.63) is 59.7 Å². The van der Waals surface area contributed by atoms with Crippen molar-refractivity contribution in [3.63, 3.8) is 0 Å². The van der Waals surface area contributed by atoms with Crippen LogP contribution in [-0.4, -0.2) is 49.4 Å². The molecule has 2 aliphatic heterocycles. The summed E-state index contributed by atoms with van der Waals surface area (Å²) in [7, 11) is -3.59. The predicted octanol–water partition coefficient (Wildman–Crippen LogP) is 4.07. The molecule has 0 spiro atoms. The zero-order chi connectivity index (χ0) is 21.3. The third kappa shape index (κ3) is 4.41. The number of ether oxygens (including phenoxy) is 1. The molecule has 1 fully saturated rings. The Labute approximate surface area is 180 Å². The maximum Gasteiger partial charge on any atom is 0.247 e. The van der Waals surface area contributed by atoms with Crippen LogP contribution in [0.25, 0.3) is 0 Å². The van der Waals surface area contributed by atoms with Gasteiger partial charge in [0.1, 0.15) is 16.7 Å². The molecule has 2 aliphatic rings. The normalized spacial score (nSPS) is 24.4. The van der Waals surface area contributed by atoms with Crippen LogP contribution >= 0.6 is 0 Å². The fourth-order valence-electron chi connectivity index (χ4n) is 4.63. The summed E-state index contributed by atoms with van der Waals surface area (Å²) in [5, 5.41) is 0. The van der Waals surface area contributed by atoms with Crippen LogP contribution in [0.1, 0.15) is 37.8 Å². The van der Waals surface area contributed by atoms with Crippen LogP contribution < -0.4 is 4.74 Å². The molecule has 30 heavy (non-hydrogen) atoms. The van der Waals surface area contributed by atoms with Crippen molar-refractivity contribution in [2.75, 3.05) is 19.6 Å². The number of rotatable bonds is 4. The molecule has 2 heterocycles. The highest BCUT2D eigenvalue weighted by molar-refractivity contribution is 7.89. The zero-order valence-corrected chi connectivity index (χ0v) is 18.9. The van der Waals surface area contributed by atoms with Gasteiger partial charge < -0.3 is 4.74 Å². The van der Waals surface area contributed by atoms with Crippen LogP contribution in [0.5, 0.6) is 5.75 Å². The summed E-state index contributed by atoms with van der Waals surface area (Å²) in [5.41, 5.74) is 2.57. The van der Waals surface area contributed by atoms with E-state index in [9.17, 15) is 8.42 Å². The molecule has 162 valence electrons. The Morgan fingerprint density at radius 2 is 1.83 bits per heavy atom. The minimum Gasteiger partial charge on any atom is -0.487 e. The molecule has 4 rings (SSSR count). The van der Waals surface area contributed by atoms with Gasteiger partial charge in [0.15, 0.2) is 0 Å². The van der Waals surface area contributed by atoms with E-state index in [2.05, 4.69) is 49.9 Å². The monoisotopic (exact) mass is 428 g/mol. The van der Waals surface area contributed by atoms with E-state index in [0.29, 0.717) is 17.2 Å². The number of hydrogen-bond acceptors (Lipinski definition) is 4. The molecular formula is C24H32N2O3S. The number of para-hydroxylation sites is 1. The average Bonchev–Trinajstić information content (AvgIpc) is 2.92. The maximum atomic E-state index is 13.6. The lowest BCUT2D eigenvalue weighted by Crippen LogP contribution is -2.48. The number of nitrogens with zero attached hydrogens (tertiary/aromatic N) is 2. The lowest BCUT2D eigenvalue weighted by molar-refractivity contribution is 0.108. The fourth-order valence-corrected chi connectivity index (χ4v) is 6.60. The first-order valence-corrected chi connectivity index (χ1v) is 12.3. The van der Waals surface area contributed by atoms with Gasteiger partial charge in [0.25, 0.3) is 0 Å². The van der Waals surface area contributed by atoms with E-state index in [1.807, 2.05) is 6.07 Å². The summed E-state index contributed by atoms with van der Waals surface area (Å²) in [5.74, 6) is 0.739. The molecule has 0 bridgehead atoms. The molecule has 0 unspecified atom stereocenters. The minimum atomic E-state index is -3.59. The van der Waals surface area contributed by atoms with Gasteiger partial charge in [0.05, 0.1) is 6.04 Å². The quantitative estimate of drug-likeness (QED) is 0.737. The smallest absolute Gasteiger partial charge is 0.247 e. The minimum absolute atomic E-state index is 0.135. The fraction of sp³-hybridized carbons (Fsp3) is 0.500. The molecule has 0 amide bonds. The summed E-state index contributed by atoms with van der Waals surface area (Å²) in [4.78, 5) is 2.73. The molecule has 2 atom stereocenters. The second-order valence-electron chi connectivity index (χ2n) is 8.98. The van der Waals surface area contributed by atoms with Gasteiger partial charge in [-0.1, -0.05) is 55.8 Å². The third-order valence-corrected chi connectivity index (χ3v) is 7.95. The molecule has 0 aromatic heterocycles. The van der Waals surface area contributed by atoms with Gasteiger partial charge in [0, 0.05) is 26.2 Å². The molecule has 0 saturated carbocycles.